The van der Waals surface area contributed by atoms with E-state index in [4.69, 9.17) is 4.74 Å². The molecule has 15 heavy (non-hydrogen) atoms. The Balaban J connectivity index is 1.79. The Hall–Kier alpha value is -0.0900. The first-order valence-corrected chi connectivity index (χ1v) is 6.58. The van der Waals surface area contributed by atoms with Gasteiger partial charge >= 0.3 is 5.97 Å². The topological polar surface area (TPSA) is 29.5 Å². The Kier molecular flexibility index (Phi) is 3.67. The molecule has 3 nitrogen and oxygen atoms in total. The van der Waals surface area contributed by atoms with Crippen LogP contribution in [0.4, 0.5) is 0 Å². The number of carbonyl (C=O) groups excluding carboxylic acids is 1. The van der Waals surface area contributed by atoms with Gasteiger partial charge in [-0.1, -0.05) is 15.9 Å². The quantitative estimate of drug-likeness (QED) is 0.547. The van der Waals surface area contributed by atoms with Gasteiger partial charge in [-0.3, -0.25) is 9.69 Å². The summed E-state index contributed by atoms with van der Waals surface area (Å²) >= 11 is 3.39. The highest BCUT2D eigenvalue weighted by Crippen LogP contribution is 2.35. The van der Waals surface area contributed by atoms with Crippen molar-refractivity contribution in [1.82, 2.24) is 4.90 Å². The Morgan fingerprint density at radius 3 is 2.60 bits per heavy atom. The maximum Gasteiger partial charge on any atom is 0.320 e. The van der Waals surface area contributed by atoms with Crippen molar-refractivity contribution in [2.24, 2.45) is 5.92 Å². The molecular weight excluding hydrogens is 258 g/mol. The van der Waals surface area contributed by atoms with E-state index in [-0.39, 0.29) is 10.8 Å². The van der Waals surface area contributed by atoms with Crippen LogP contribution in [0.1, 0.15) is 25.7 Å². The van der Waals surface area contributed by atoms with Gasteiger partial charge in [0.25, 0.3) is 0 Å². The van der Waals surface area contributed by atoms with E-state index in [2.05, 4.69) is 20.8 Å². The highest BCUT2D eigenvalue weighted by molar-refractivity contribution is 9.10. The number of esters is 1. The van der Waals surface area contributed by atoms with Crippen molar-refractivity contribution in [3.8, 4) is 0 Å². The maximum absolute atomic E-state index is 11.3. The average Bonchev–Trinajstić information content (AvgIpc) is 3.05. The first-order chi connectivity index (χ1) is 7.20. The number of hydrogen-bond donors (Lipinski definition) is 0. The number of alkyl halides is 1. The number of methoxy groups -OCH3 is 1. The largest absolute Gasteiger partial charge is 0.468 e. The second kappa shape index (κ2) is 4.83. The molecule has 0 heterocycles. The van der Waals surface area contributed by atoms with Crippen LogP contribution in [0.3, 0.4) is 0 Å². The summed E-state index contributed by atoms with van der Waals surface area (Å²) in [6.45, 7) is 1.97. The van der Waals surface area contributed by atoms with Crippen LogP contribution in [0.2, 0.25) is 0 Å². The molecule has 0 aromatic carbocycles. The lowest BCUT2D eigenvalue weighted by molar-refractivity contribution is -0.140. The second-order valence-corrected chi connectivity index (χ2v) is 5.72. The molecule has 0 amide bonds. The monoisotopic (exact) mass is 275 g/mol. The lowest BCUT2D eigenvalue weighted by Gasteiger charge is -2.23. The molecule has 0 radical (unpaired) electrons. The normalized spacial score (nSPS) is 22.9. The molecule has 0 spiro atoms. The summed E-state index contributed by atoms with van der Waals surface area (Å²) in [4.78, 5) is 13.6. The van der Waals surface area contributed by atoms with Gasteiger partial charge in [-0.15, -0.1) is 0 Å². The molecule has 2 saturated carbocycles. The molecule has 0 aromatic heterocycles. The van der Waals surface area contributed by atoms with Crippen LogP contribution < -0.4 is 0 Å². The molecule has 0 N–H and O–H groups in total. The van der Waals surface area contributed by atoms with E-state index >= 15 is 0 Å². The minimum atomic E-state index is -0.165. The van der Waals surface area contributed by atoms with E-state index in [1.807, 2.05) is 0 Å². The van der Waals surface area contributed by atoms with Crippen LogP contribution in [-0.4, -0.2) is 41.9 Å². The van der Waals surface area contributed by atoms with Crippen molar-refractivity contribution < 1.29 is 9.53 Å². The predicted octanol–water partition coefficient (Wildman–Crippen LogP) is 1.80. The third kappa shape index (κ3) is 3.45. The molecule has 4 heteroatoms. The number of nitrogens with zero attached hydrogens (tertiary/aromatic N) is 1. The molecule has 1 atom stereocenters. The fourth-order valence-corrected chi connectivity index (χ4v) is 2.41. The highest BCUT2D eigenvalue weighted by Gasteiger charge is 2.35. The minimum absolute atomic E-state index is 0.156. The van der Waals surface area contributed by atoms with Gasteiger partial charge in [0, 0.05) is 19.1 Å². The number of ether oxygens (including phenoxy) is 1. The molecule has 0 saturated heterocycles. The molecule has 1 unspecified atom stereocenters. The zero-order valence-electron chi connectivity index (χ0n) is 9.12. The zero-order chi connectivity index (χ0) is 10.8. The summed E-state index contributed by atoms with van der Waals surface area (Å²) in [6.07, 6.45) is 5.34. The number of rotatable bonds is 6. The SMILES string of the molecule is COC(=O)C(Br)CN(CC1CC1)C1CC1. The molecule has 0 bridgehead atoms. The van der Waals surface area contributed by atoms with Crippen LogP contribution in [0, 0.1) is 5.92 Å². The number of carbonyl (C=O) groups is 1. The Labute approximate surface area is 99.3 Å². The Morgan fingerprint density at radius 1 is 1.47 bits per heavy atom. The van der Waals surface area contributed by atoms with Crippen LogP contribution in [0.25, 0.3) is 0 Å². The first-order valence-electron chi connectivity index (χ1n) is 5.66. The van der Waals surface area contributed by atoms with Gasteiger partial charge in [-0.05, 0) is 31.6 Å². The van der Waals surface area contributed by atoms with Gasteiger partial charge < -0.3 is 4.74 Å². The van der Waals surface area contributed by atoms with Crippen molar-refractivity contribution in [2.75, 3.05) is 20.2 Å². The standard InChI is InChI=1S/C11H18BrNO2/c1-15-11(14)10(12)7-13(9-4-5-9)6-8-2-3-8/h8-10H,2-7H2,1H3. The smallest absolute Gasteiger partial charge is 0.320 e. The Morgan fingerprint density at radius 2 is 2.13 bits per heavy atom. The van der Waals surface area contributed by atoms with Crippen molar-refractivity contribution in [3.63, 3.8) is 0 Å². The van der Waals surface area contributed by atoms with E-state index < -0.39 is 0 Å². The molecular formula is C11H18BrNO2. The van der Waals surface area contributed by atoms with E-state index in [1.165, 1.54) is 39.3 Å². The summed E-state index contributed by atoms with van der Waals surface area (Å²) in [7, 11) is 1.44. The van der Waals surface area contributed by atoms with Crippen LogP contribution in [-0.2, 0) is 9.53 Å². The third-order valence-corrected chi connectivity index (χ3v) is 3.77. The van der Waals surface area contributed by atoms with Gasteiger partial charge in [-0.25, -0.2) is 0 Å². The lowest BCUT2D eigenvalue weighted by Crippen LogP contribution is -2.37. The number of halogens is 1. The maximum atomic E-state index is 11.3. The van der Waals surface area contributed by atoms with E-state index in [9.17, 15) is 4.79 Å². The van der Waals surface area contributed by atoms with Crippen molar-refractivity contribution >= 4 is 21.9 Å². The highest BCUT2D eigenvalue weighted by atomic mass is 79.9. The van der Waals surface area contributed by atoms with E-state index in [1.54, 1.807) is 0 Å². The van der Waals surface area contributed by atoms with E-state index in [0.717, 1.165) is 18.5 Å². The summed E-state index contributed by atoms with van der Waals surface area (Å²) in [5.74, 6) is 0.736. The van der Waals surface area contributed by atoms with Gasteiger partial charge in [0.15, 0.2) is 0 Å². The van der Waals surface area contributed by atoms with Crippen LogP contribution in [0.15, 0.2) is 0 Å². The Bertz CT molecular complexity index is 239. The minimum Gasteiger partial charge on any atom is -0.468 e. The molecule has 2 rings (SSSR count). The summed E-state index contributed by atoms with van der Waals surface area (Å²) in [6, 6.07) is 0.732. The molecule has 2 aliphatic carbocycles. The van der Waals surface area contributed by atoms with Crippen molar-refractivity contribution in [1.29, 1.82) is 0 Å². The second-order valence-electron chi connectivity index (χ2n) is 4.62. The van der Waals surface area contributed by atoms with Gasteiger partial charge in [-0.2, -0.15) is 0 Å². The lowest BCUT2D eigenvalue weighted by atomic mass is 10.3. The fraction of sp³-hybridized carbons (Fsp3) is 0.909. The van der Waals surface area contributed by atoms with Gasteiger partial charge in [0.1, 0.15) is 4.83 Å². The molecule has 2 fully saturated rings. The zero-order valence-corrected chi connectivity index (χ0v) is 10.7. The van der Waals surface area contributed by atoms with Crippen molar-refractivity contribution in [3.05, 3.63) is 0 Å². The molecule has 2 aliphatic rings. The average molecular weight is 276 g/mol. The van der Waals surface area contributed by atoms with Crippen LogP contribution >= 0.6 is 15.9 Å². The molecule has 0 aromatic rings. The summed E-state index contributed by atoms with van der Waals surface area (Å²) < 4.78 is 4.72. The molecule has 86 valence electrons. The summed E-state index contributed by atoms with van der Waals surface area (Å²) in [5, 5.41) is 0. The fourth-order valence-electron chi connectivity index (χ4n) is 1.85. The predicted molar refractivity (Wildman–Crippen MR) is 62.1 cm³/mol. The van der Waals surface area contributed by atoms with E-state index in [0.29, 0.717) is 0 Å². The number of hydrogen-bond acceptors (Lipinski definition) is 3. The first kappa shape index (κ1) is 11.4. The molecule has 0 aliphatic heterocycles. The van der Waals surface area contributed by atoms with Crippen molar-refractivity contribution in [2.45, 2.75) is 36.6 Å². The van der Waals surface area contributed by atoms with Gasteiger partial charge in [0.2, 0.25) is 0 Å². The summed E-state index contributed by atoms with van der Waals surface area (Å²) in [5.41, 5.74) is 0. The van der Waals surface area contributed by atoms with Gasteiger partial charge in [0.05, 0.1) is 7.11 Å². The third-order valence-electron chi connectivity index (χ3n) is 3.10. The van der Waals surface area contributed by atoms with Crippen LogP contribution in [0.5, 0.6) is 0 Å².